The highest BCUT2D eigenvalue weighted by Gasteiger charge is 2.07. The first-order valence-corrected chi connectivity index (χ1v) is 9.06. The third-order valence-electron chi connectivity index (χ3n) is 3.81. The van der Waals surface area contributed by atoms with Crippen LogP contribution in [0.2, 0.25) is 0 Å². The lowest BCUT2D eigenvalue weighted by Gasteiger charge is -2.14. The Bertz CT molecular complexity index is 643. The van der Waals surface area contributed by atoms with Gasteiger partial charge in [0.2, 0.25) is 0 Å². The molecule has 0 aliphatic carbocycles. The number of nitrogens with one attached hydrogen (secondary N) is 1. The summed E-state index contributed by atoms with van der Waals surface area (Å²) in [6.07, 6.45) is 0. The fourth-order valence-corrected chi connectivity index (χ4v) is 2.44. The molecular formula is C21H29NO4. The standard InChI is InChI=1S/C21H29NO4/c1-3-25-21-14-19(15-22-10-12-24-13-11-23)8-9-20(21)26-16-18-6-4-17(2)5-7-18/h4-9,14,22-23H,3,10-13,15-16H2,1-2H3. The highest BCUT2D eigenvalue weighted by atomic mass is 16.5. The lowest BCUT2D eigenvalue weighted by molar-refractivity contribution is 0.0938. The highest BCUT2D eigenvalue weighted by Crippen LogP contribution is 2.29. The summed E-state index contributed by atoms with van der Waals surface area (Å²) < 4.78 is 16.9. The summed E-state index contributed by atoms with van der Waals surface area (Å²) in [6.45, 7) is 7.61. The number of aliphatic hydroxyl groups is 1. The van der Waals surface area contributed by atoms with Gasteiger partial charge in [0.25, 0.3) is 0 Å². The summed E-state index contributed by atoms with van der Waals surface area (Å²) in [4.78, 5) is 0. The Hall–Kier alpha value is -2.08. The average Bonchev–Trinajstić information content (AvgIpc) is 2.65. The topological polar surface area (TPSA) is 60.0 Å². The molecular weight excluding hydrogens is 330 g/mol. The van der Waals surface area contributed by atoms with Crippen LogP contribution in [-0.4, -0.2) is 38.1 Å². The molecule has 2 aromatic rings. The molecule has 0 saturated heterocycles. The molecule has 0 aromatic heterocycles. The molecule has 0 saturated carbocycles. The van der Waals surface area contributed by atoms with Gasteiger partial charge in [0.15, 0.2) is 11.5 Å². The number of aryl methyl sites for hydroxylation is 1. The van der Waals surface area contributed by atoms with Gasteiger partial charge in [-0.05, 0) is 37.1 Å². The third kappa shape index (κ3) is 7.04. The van der Waals surface area contributed by atoms with Gasteiger partial charge in [-0.3, -0.25) is 0 Å². The second-order valence-electron chi connectivity index (χ2n) is 6.00. The molecule has 0 atom stereocenters. The van der Waals surface area contributed by atoms with Crippen LogP contribution in [0.5, 0.6) is 11.5 Å². The molecule has 0 bridgehead atoms. The molecule has 5 nitrogen and oxygen atoms in total. The van der Waals surface area contributed by atoms with Crippen molar-refractivity contribution in [2.75, 3.05) is 33.0 Å². The van der Waals surface area contributed by atoms with Crippen molar-refractivity contribution in [3.05, 3.63) is 59.2 Å². The number of hydrogen-bond donors (Lipinski definition) is 2. The van der Waals surface area contributed by atoms with Gasteiger partial charge in [-0.1, -0.05) is 35.9 Å². The van der Waals surface area contributed by atoms with E-state index in [2.05, 4.69) is 36.5 Å². The zero-order chi connectivity index (χ0) is 18.6. The Labute approximate surface area is 155 Å². The number of aliphatic hydroxyl groups excluding tert-OH is 1. The van der Waals surface area contributed by atoms with Crippen LogP contribution in [0.1, 0.15) is 23.6 Å². The van der Waals surface area contributed by atoms with Crippen molar-refractivity contribution >= 4 is 0 Å². The van der Waals surface area contributed by atoms with Gasteiger partial charge in [0.05, 0.1) is 26.4 Å². The van der Waals surface area contributed by atoms with Crippen LogP contribution in [-0.2, 0) is 17.9 Å². The predicted molar refractivity (Wildman–Crippen MR) is 103 cm³/mol. The van der Waals surface area contributed by atoms with E-state index in [0.29, 0.717) is 26.4 Å². The summed E-state index contributed by atoms with van der Waals surface area (Å²) in [6, 6.07) is 14.3. The zero-order valence-electron chi connectivity index (χ0n) is 15.7. The quantitative estimate of drug-likeness (QED) is 0.571. The first-order valence-electron chi connectivity index (χ1n) is 9.06. The first kappa shape index (κ1) is 20.2. The van der Waals surface area contributed by atoms with E-state index in [4.69, 9.17) is 19.3 Å². The predicted octanol–water partition coefficient (Wildman–Crippen LogP) is 3.07. The Morgan fingerprint density at radius 1 is 0.923 bits per heavy atom. The summed E-state index contributed by atoms with van der Waals surface area (Å²) in [5.41, 5.74) is 3.49. The van der Waals surface area contributed by atoms with Crippen LogP contribution >= 0.6 is 0 Å². The highest BCUT2D eigenvalue weighted by molar-refractivity contribution is 5.43. The van der Waals surface area contributed by atoms with E-state index in [-0.39, 0.29) is 6.61 Å². The van der Waals surface area contributed by atoms with Crippen molar-refractivity contribution in [2.45, 2.75) is 27.0 Å². The molecule has 142 valence electrons. The normalized spacial score (nSPS) is 10.7. The van der Waals surface area contributed by atoms with Gasteiger partial charge >= 0.3 is 0 Å². The first-order chi connectivity index (χ1) is 12.7. The molecule has 0 aliphatic rings. The molecule has 0 aliphatic heterocycles. The molecule has 5 heteroatoms. The van der Waals surface area contributed by atoms with Crippen molar-refractivity contribution in [1.29, 1.82) is 0 Å². The van der Waals surface area contributed by atoms with Gasteiger partial charge in [0.1, 0.15) is 6.61 Å². The fraction of sp³-hybridized carbons (Fsp3) is 0.429. The van der Waals surface area contributed by atoms with Crippen molar-refractivity contribution in [1.82, 2.24) is 5.32 Å². The summed E-state index contributed by atoms with van der Waals surface area (Å²) >= 11 is 0. The van der Waals surface area contributed by atoms with E-state index in [1.165, 1.54) is 5.56 Å². The van der Waals surface area contributed by atoms with Gasteiger partial charge in [-0.2, -0.15) is 0 Å². The third-order valence-corrected chi connectivity index (χ3v) is 3.81. The summed E-state index contributed by atoms with van der Waals surface area (Å²) in [5.74, 6) is 1.51. The molecule has 0 spiro atoms. The number of ether oxygens (including phenoxy) is 3. The van der Waals surface area contributed by atoms with Crippen LogP contribution in [0.3, 0.4) is 0 Å². The maximum absolute atomic E-state index is 8.67. The monoisotopic (exact) mass is 359 g/mol. The van der Waals surface area contributed by atoms with Gasteiger partial charge in [-0.15, -0.1) is 0 Å². The van der Waals surface area contributed by atoms with Gasteiger partial charge < -0.3 is 24.6 Å². The second kappa shape index (κ2) is 11.5. The maximum atomic E-state index is 8.67. The fourth-order valence-electron chi connectivity index (χ4n) is 2.44. The van der Waals surface area contributed by atoms with Gasteiger partial charge in [-0.25, -0.2) is 0 Å². The minimum absolute atomic E-state index is 0.0573. The van der Waals surface area contributed by atoms with E-state index in [1.807, 2.05) is 25.1 Å². The van der Waals surface area contributed by atoms with E-state index < -0.39 is 0 Å². The Morgan fingerprint density at radius 3 is 2.42 bits per heavy atom. The van der Waals surface area contributed by atoms with Gasteiger partial charge in [0, 0.05) is 13.1 Å². The molecule has 0 radical (unpaired) electrons. The van der Waals surface area contributed by atoms with Crippen LogP contribution in [0.4, 0.5) is 0 Å². The van der Waals surface area contributed by atoms with Crippen LogP contribution in [0.15, 0.2) is 42.5 Å². The van der Waals surface area contributed by atoms with Crippen molar-refractivity contribution in [3.8, 4) is 11.5 Å². The molecule has 26 heavy (non-hydrogen) atoms. The minimum atomic E-state index is 0.0573. The minimum Gasteiger partial charge on any atom is -0.490 e. The molecule has 2 aromatic carbocycles. The van der Waals surface area contributed by atoms with E-state index >= 15 is 0 Å². The van der Waals surface area contributed by atoms with E-state index in [9.17, 15) is 0 Å². The molecule has 2 N–H and O–H groups in total. The SMILES string of the molecule is CCOc1cc(CNCCOCCO)ccc1OCc1ccc(C)cc1. The average molecular weight is 359 g/mol. The van der Waals surface area contributed by atoms with Crippen molar-refractivity contribution in [3.63, 3.8) is 0 Å². The van der Waals surface area contributed by atoms with Crippen LogP contribution < -0.4 is 14.8 Å². The number of rotatable bonds is 12. The van der Waals surface area contributed by atoms with Crippen molar-refractivity contribution in [2.24, 2.45) is 0 Å². The maximum Gasteiger partial charge on any atom is 0.161 e. The van der Waals surface area contributed by atoms with Crippen LogP contribution in [0, 0.1) is 6.92 Å². The molecule has 0 unspecified atom stereocenters. The largest absolute Gasteiger partial charge is 0.490 e. The Morgan fingerprint density at radius 2 is 1.69 bits per heavy atom. The molecule has 2 rings (SSSR count). The van der Waals surface area contributed by atoms with E-state index in [0.717, 1.165) is 35.7 Å². The smallest absolute Gasteiger partial charge is 0.161 e. The molecule has 0 fully saturated rings. The van der Waals surface area contributed by atoms with Crippen LogP contribution in [0.25, 0.3) is 0 Å². The lowest BCUT2D eigenvalue weighted by atomic mass is 10.1. The lowest BCUT2D eigenvalue weighted by Crippen LogP contribution is -2.20. The molecule has 0 amide bonds. The zero-order valence-corrected chi connectivity index (χ0v) is 15.7. The number of benzene rings is 2. The number of hydrogen-bond acceptors (Lipinski definition) is 5. The second-order valence-corrected chi connectivity index (χ2v) is 6.00. The van der Waals surface area contributed by atoms with Crippen molar-refractivity contribution < 1.29 is 19.3 Å². The molecule has 0 heterocycles. The Balaban J connectivity index is 1.89. The summed E-state index contributed by atoms with van der Waals surface area (Å²) in [5, 5.41) is 12.0. The Kier molecular flexibility index (Phi) is 8.96. The summed E-state index contributed by atoms with van der Waals surface area (Å²) in [7, 11) is 0. The van der Waals surface area contributed by atoms with E-state index in [1.54, 1.807) is 0 Å².